The summed E-state index contributed by atoms with van der Waals surface area (Å²) in [6.07, 6.45) is 1.33. The smallest absolute Gasteiger partial charge is 0.168 e. The Labute approximate surface area is 95.4 Å². The van der Waals surface area contributed by atoms with Gasteiger partial charge in [0.05, 0.1) is 18.8 Å². The van der Waals surface area contributed by atoms with Crippen molar-refractivity contribution in [3.63, 3.8) is 0 Å². The van der Waals surface area contributed by atoms with Gasteiger partial charge in [-0.05, 0) is 18.6 Å². The molecule has 0 spiro atoms. The van der Waals surface area contributed by atoms with Crippen LogP contribution in [-0.4, -0.2) is 25.6 Å². The summed E-state index contributed by atoms with van der Waals surface area (Å²) in [5.74, 6) is 0.885. The van der Waals surface area contributed by atoms with Crippen molar-refractivity contribution in [2.45, 2.75) is 19.8 Å². The Balaban J connectivity index is 2.09. The third kappa shape index (κ3) is 2.25. The highest BCUT2D eigenvalue weighted by atomic mass is 16.5. The summed E-state index contributed by atoms with van der Waals surface area (Å²) in [5.41, 5.74) is 1.84. The van der Waals surface area contributed by atoms with Crippen LogP contribution in [0.3, 0.4) is 0 Å². The lowest BCUT2D eigenvalue weighted by atomic mass is 10.0. The molecule has 0 aromatic heterocycles. The molecule has 0 fully saturated rings. The van der Waals surface area contributed by atoms with Gasteiger partial charge in [0, 0.05) is 19.4 Å². The van der Waals surface area contributed by atoms with E-state index in [0.717, 1.165) is 17.7 Å². The van der Waals surface area contributed by atoms with Crippen molar-refractivity contribution >= 4 is 5.78 Å². The van der Waals surface area contributed by atoms with Gasteiger partial charge in [-0.1, -0.05) is 12.1 Å². The SMILES string of the molecule is CCOCCC(=O)c1cccc2c1OCC2. The van der Waals surface area contributed by atoms with Gasteiger partial charge >= 0.3 is 0 Å². The second kappa shape index (κ2) is 5.12. The molecule has 16 heavy (non-hydrogen) atoms. The van der Waals surface area contributed by atoms with Gasteiger partial charge in [0.2, 0.25) is 0 Å². The summed E-state index contributed by atoms with van der Waals surface area (Å²) in [4.78, 5) is 11.9. The highest BCUT2D eigenvalue weighted by Crippen LogP contribution is 2.30. The fourth-order valence-electron chi connectivity index (χ4n) is 1.88. The maximum atomic E-state index is 11.9. The highest BCUT2D eigenvalue weighted by molar-refractivity contribution is 5.99. The number of fused-ring (bicyclic) bond motifs is 1. The predicted octanol–water partition coefficient (Wildman–Crippen LogP) is 2.23. The Bertz CT molecular complexity index is 385. The minimum Gasteiger partial charge on any atom is -0.492 e. The van der Waals surface area contributed by atoms with Crippen LogP contribution in [0.2, 0.25) is 0 Å². The van der Waals surface area contributed by atoms with E-state index >= 15 is 0 Å². The number of ketones is 1. The van der Waals surface area contributed by atoms with Crippen molar-refractivity contribution in [3.8, 4) is 5.75 Å². The zero-order valence-electron chi connectivity index (χ0n) is 9.49. The van der Waals surface area contributed by atoms with Crippen molar-refractivity contribution in [2.24, 2.45) is 0 Å². The maximum Gasteiger partial charge on any atom is 0.168 e. The van der Waals surface area contributed by atoms with Gasteiger partial charge in [-0.3, -0.25) is 4.79 Å². The zero-order valence-corrected chi connectivity index (χ0v) is 9.49. The quantitative estimate of drug-likeness (QED) is 0.564. The van der Waals surface area contributed by atoms with Crippen LogP contribution in [0.5, 0.6) is 5.75 Å². The van der Waals surface area contributed by atoms with Gasteiger partial charge in [-0.2, -0.15) is 0 Å². The maximum absolute atomic E-state index is 11.9. The Kier molecular flexibility index (Phi) is 3.57. The van der Waals surface area contributed by atoms with E-state index in [-0.39, 0.29) is 5.78 Å². The van der Waals surface area contributed by atoms with Crippen molar-refractivity contribution in [1.82, 2.24) is 0 Å². The molecule has 0 unspecified atom stereocenters. The molecule has 1 aliphatic rings. The molecule has 1 aromatic rings. The fraction of sp³-hybridized carbons (Fsp3) is 0.462. The number of para-hydroxylation sites is 1. The molecule has 2 rings (SSSR count). The summed E-state index contributed by atoms with van der Waals surface area (Å²) in [6.45, 7) is 3.74. The number of hydrogen-bond donors (Lipinski definition) is 0. The molecule has 1 aliphatic heterocycles. The van der Waals surface area contributed by atoms with E-state index in [4.69, 9.17) is 9.47 Å². The van der Waals surface area contributed by atoms with Gasteiger partial charge in [0.15, 0.2) is 5.78 Å². The van der Waals surface area contributed by atoms with E-state index in [2.05, 4.69) is 0 Å². The van der Waals surface area contributed by atoms with Crippen LogP contribution in [0.1, 0.15) is 29.3 Å². The van der Waals surface area contributed by atoms with Gasteiger partial charge in [0.1, 0.15) is 5.75 Å². The first-order valence-corrected chi connectivity index (χ1v) is 5.68. The van der Waals surface area contributed by atoms with Crippen molar-refractivity contribution in [3.05, 3.63) is 29.3 Å². The Hall–Kier alpha value is -1.35. The summed E-state index contributed by atoms with van der Waals surface area (Å²) in [6, 6.07) is 5.77. The van der Waals surface area contributed by atoms with Crippen LogP contribution in [0.15, 0.2) is 18.2 Å². The molecule has 0 aliphatic carbocycles. The van der Waals surface area contributed by atoms with Crippen LogP contribution in [0, 0.1) is 0 Å². The van der Waals surface area contributed by atoms with Crippen LogP contribution in [0.25, 0.3) is 0 Å². The average Bonchev–Trinajstić information content (AvgIpc) is 2.76. The molecule has 1 aromatic carbocycles. The van der Waals surface area contributed by atoms with Crippen LogP contribution >= 0.6 is 0 Å². The van der Waals surface area contributed by atoms with Gasteiger partial charge < -0.3 is 9.47 Å². The lowest BCUT2D eigenvalue weighted by Crippen LogP contribution is -2.06. The molecule has 0 radical (unpaired) electrons. The normalized spacial score (nSPS) is 13.3. The largest absolute Gasteiger partial charge is 0.492 e. The molecule has 86 valence electrons. The molecular formula is C13H16O3. The number of ether oxygens (including phenoxy) is 2. The number of hydrogen-bond acceptors (Lipinski definition) is 3. The van der Waals surface area contributed by atoms with Crippen LogP contribution < -0.4 is 4.74 Å². The van der Waals surface area contributed by atoms with E-state index in [1.54, 1.807) is 0 Å². The number of carbonyl (C=O) groups excluding carboxylic acids is 1. The summed E-state index contributed by atoms with van der Waals surface area (Å²) in [7, 11) is 0. The predicted molar refractivity (Wildman–Crippen MR) is 61.1 cm³/mol. The molecule has 0 N–H and O–H groups in total. The standard InChI is InChI=1S/C13H16O3/c1-2-15-8-7-12(14)11-5-3-4-10-6-9-16-13(10)11/h3-5H,2,6-9H2,1H3. The lowest BCUT2D eigenvalue weighted by molar-refractivity contribution is 0.0893. The first-order chi connectivity index (χ1) is 7.83. The number of benzene rings is 1. The third-order valence-corrected chi connectivity index (χ3v) is 2.69. The summed E-state index contributed by atoms with van der Waals surface area (Å²) in [5, 5.41) is 0. The molecule has 0 bridgehead atoms. The number of Topliss-reactive ketones (excluding diaryl/α,β-unsaturated/α-hetero) is 1. The Morgan fingerprint density at radius 2 is 2.38 bits per heavy atom. The third-order valence-electron chi connectivity index (χ3n) is 2.69. The number of rotatable bonds is 5. The average molecular weight is 220 g/mol. The Morgan fingerprint density at radius 3 is 3.19 bits per heavy atom. The van der Waals surface area contributed by atoms with Gasteiger partial charge in [-0.15, -0.1) is 0 Å². The highest BCUT2D eigenvalue weighted by Gasteiger charge is 2.19. The first-order valence-electron chi connectivity index (χ1n) is 5.68. The van der Waals surface area contributed by atoms with Gasteiger partial charge in [-0.25, -0.2) is 0 Å². The fourth-order valence-corrected chi connectivity index (χ4v) is 1.88. The number of carbonyl (C=O) groups is 1. The van der Waals surface area contributed by atoms with E-state index < -0.39 is 0 Å². The van der Waals surface area contributed by atoms with Crippen LogP contribution in [0.4, 0.5) is 0 Å². The second-order valence-electron chi connectivity index (χ2n) is 3.76. The minimum absolute atomic E-state index is 0.104. The summed E-state index contributed by atoms with van der Waals surface area (Å²) < 4.78 is 10.7. The molecule has 0 amide bonds. The molecule has 1 heterocycles. The minimum atomic E-state index is 0.104. The molecule has 0 atom stereocenters. The lowest BCUT2D eigenvalue weighted by Gasteiger charge is -2.06. The van der Waals surface area contributed by atoms with E-state index in [0.29, 0.717) is 31.8 Å². The first kappa shape index (κ1) is 11.1. The van der Waals surface area contributed by atoms with Crippen molar-refractivity contribution in [1.29, 1.82) is 0 Å². The summed E-state index contributed by atoms with van der Waals surface area (Å²) >= 11 is 0. The molecular weight excluding hydrogens is 204 g/mol. The molecule has 0 saturated carbocycles. The zero-order chi connectivity index (χ0) is 11.4. The van der Waals surface area contributed by atoms with Crippen molar-refractivity contribution < 1.29 is 14.3 Å². The van der Waals surface area contributed by atoms with Crippen LogP contribution in [-0.2, 0) is 11.2 Å². The van der Waals surface area contributed by atoms with Gasteiger partial charge in [0.25, 0.3) is 0 Å². The molecule has 3 nitrogen and oxygen atoms in total. The van der Waals surface area contributed by atoms with E-state index in [1.807, 2.05) is 25.1 Å². The van der Waals surface area contributed by atoms with E-state index in [9.17, 15) is 4.79 Å². The van der Waals surface area contributed by atoms with E-state index in [1.165, 1.54) is 0 Å². The van der Waals surface area contributed by atoms with Crippen molar-refractivity contribution in [2.75, 3.05) is 19.8 Å². The second-order valence-corrected chi connectivity index (χ2v) is 3.76. The topological polar surface area (TPSA) is 35.5 Å². The molecule has 0 saturated heterocycles. The Morgan fingerprint density at radius 1 is 1.50 bits per heavy atom. The molecule has 3 heteroatoms. The monoisotopic (exact) mass is 220 g/mol.